The predicted molar refractivity (Wildman–Crippen MR) is 178 cm³/mol. The lowest BCUT2D eigenvalue weighted by Crippen LogP contribution is -2.58. The highest BCUT2D eigenvalue weighted by Crippen LogP contribution is 2.41. The summed E-state index contributed by atoms with van der Waals surface area (Å²) in [5.74, 6) is -0.639. The monoisotopic (exact) mass is 708 g/mol. The van der Waals surface area contributed by atoms with Crippen molar-refractivity contribution in [2.75, 3.05) is 6.61 Å². The van der Waals surface area contributed by atoms with E-state index in [0.717, 1.165) is 12.1 Å². The summed E-state index contributed by atoms with van der Waals surface area (Å²) in [6, 6.07) is 4.90. The minimum absolute atomic E-state index is 0.0224. The lowest BCUT2D eigenvalue weighted by atomic mass is 9.85. The predicted octanol–water partition coefficient (Wildman–Crippen LogP) is 7.46. The lowest BCUT2D eigenvalue weighted by molar-refractivity contribution is -0.274. The zero-order valence-electron chi connectivity index (χ0n) is 29.3. The summed E-state index contributed by atoms with van der Waals surface area (Å²) in [4.78, 5) is 13.3. The average molecular weight is 709 g/mol. The van der Waals surface area contributed by atoms with Gasteiger partial charge in [-0.25, -0.2) is 0 Å². The average Bonchev–Trinajstić information content (AvgIpc) is 3.63. The van der Waals surface area contributed by atoms with Gasteiger partial charge in [0, 0.05) is 37.2 Å². The SMILES string of the molecule is C[C@@H]([C@@H]1O[C@H]1C[C@@H]1OC[C@H](CC(=O)CC(O)c2ccc(OC(F)(F)F)cc2)[C@@H](O[Si](C)(C)C)[C@@H]1O[Si](C)(C)C)[C@H](C)O[Si](C)(C)C. The maximum Gasteiger partial charge on any atom is 0.573 e. The first-order chi connectivity index (χ1) is 20.9. The highest BCUT2D eigenvalue weighted by molar-refractivity contribution is 6.70. The number of aliphatic hydroxyl groups excluding tert-OH is 1. The molecule has 0 bridgehead atoms. The van der Waals surface area contributed by atoms with E-state index in [4.69, 9.17) is 22.8 Å². The Bertz CT molecular complexity index is 1130. The fourth-order valence-corrected chi connectivity index (χ4v) is 9.56. The van der Waals surface area contributed by atoms with Gasteiger partial charge in [0.25, 0.3) is 0 Å². The van der Waals surface area contributed by atoms with Crippen LogP contribution in [-0.2, 0) is 27.5 Å². The Kier molecular flexibility index (Phi) is 13.0. The van der Waals surface area contributed by atoms with Crippen molar-refractivity contribution in [1.29, 1.82) is 0 Å². The maximum absolute atomic E-state index is 13.3. The Morgan fingerprint density at radius 1 is 0.913 bits per heavy atom. The molecule has 0 saturated carbocycles. The third-order valence-corrected chi connectivity index (χ3v) is 11.0. The van der Waals surface area contributed by atoms with Gasteiger partial charge in [-0.1, -0.05) is 19.1 Å². The van der Waals surface area contributed by atoms with Gasteiger partial charge in [-0.05, 0) is 83.5 Å². The molecule has 0 aliphatic carbocycles. The first-order valence-corrected chi connectivity index (χ1v) is 26.5. The van der Waals surface area contributed by atoms with Crippen LogP contribution in [0.25, 0.3) is 0 Å². The fraction of sp³-hybridized carbons (Fsp3) is 0.781. The molecule has 2 aliphatic rings. The van der Waals surface area contributed by atoms with Crippen molar-refractivity contribution < 1.29 is 50.6 Å². The van der Waals surface area contributed by atoms with Crippen LogP contribution in [0.15, 0.2) is 24.3 Å². The molecule has 264 valence electrons. The number of aliphatic hydroxyl groups is 1. The van der Waals surface area contributed by atoms with Gasteiger partial charge in [0.1, 0.15) is 11.5 Å². The molecule has 2 aliphatic heterocycles. The number of carbonyl (C=O) groups is 1. The minimum Gasteiger partial charge on any atom is -0.415 e. The van der Waals surface area contributed by atoms with E-state index in [1.54, 1.807) is 0 Å². The Morgan fingerprint density at radius 3 is 2.00 bits per heavy atom. The summed E-state index contributed by atoms with van der Waals surface area (Å²) in [6.07, 6.45) is -6.24. The number of ether oxygens (including phenoxy) is 3. The number of halogens is 3. The topological polar surface area (TPSA) is 96.0 Å². The number of epoxide rings is 1. The van der Waals surface area contributed by atoms with Gasteiger partial charge in [-0.15, -0.1) is 13.2 Å². The second-order valence-electron chi connectivity index (χ2n) is 15.8. The van der Waals surface area contributed by atoms with Crippen LogP contribution in [0.4, 0.5) is 13.2 Å². The summed E-state index contributed by atoms with van der Waals surface area (Å²) in [7, 11) is -5.88. The number of benzene rings is 1. The van der Waals surface area contributed by atoms with Crippen LogP contribution in [0.1, 0.15) is 44.8 Å². The fourth-order valence-electron chi connectivity index (χ4n) is 5.99. The molecule has 2 heterocycles. The van der Waals surface area contributed by atoms with Gasteiger partial charge in [0.15, 0.2) is 25.0 Å². The minimum atomic E-state index is -4.81. The first kappa shape index (κ1) is 39.3. The molecule has 2 saturated heterocycles. The second kappa shape index (κ2) is 15.2. The van der Waals surface area contributed by atoms with Gasteiger partial charge in [-0.3, -0.25) is 4.79 Å². The van der Waals surface area contributed by atoms with E-state index in [-0.39, 0.29) is 67.1 Å². The van der Waals surface area contributed by atoms with Crippen molar-refractivity contribution in [3.63, 3.8) is 0 Å². The molecular weight excluding hydrogens is 654 g/mol. The quantitative estimate of drug-likeness (QED) is 0.140. The van der Waals surface area contributed by atoms with Crippen molar-refractivity contribution in [1.82, 2.24) is 0 Å². The molecule has 0 spiro atoms. The van der Waals surface area contributed by atoms with E-state index in [1.165, 1.54) is 12.1 Å². The van der Waals surface area contributed by atoms with Gasteiger partial charge < -0.3 is 32.6 Å². The van der Waals surface area contributed by atoms with E-state index < -0.39 is 43.2 Å². The Labute approximate surface area is 276 Å². The summed E-state index contributed by atoms with van der Waals surface area (Å²) >= 11 is 0. The molecule has 1 aromatic rings. The summed E-state index contributed by atoms with van der Waals surface area (Å²) in [5, 5.41) is 10.7. The number of alkyl halides is 3. The van der Waals surface area contributed by atoms with Crippen LogP contribution in [0, 0.1) is 11.8 Å². The molecule has 14 heteroatoms. The molecule has 8 nitrogen and oxygen atoms in total. The van der Waals surface area contributed by atoms with E-state index in [2.05, 4.69) is 77.5 Å². The standard InChI is InChI=1S/C32H55F3O8Si3/c1-20(21(2)41-44(3,4)5)29-28(39-29)18-27-31(43-46(9,10)11)30(42-45(6,7)8)23(19-38-27)16-24(36)17-26(37)22-12-14-25(15-13-22)40-32(33,34)35/h12-15,20-21,23,26-31,37H,16-19H2,1-11H3/t20-,21+,23+,26?,27+,28+,29+,30-,31-/m1/s1. The van der Waals surface area contributed by atoms with Crippen LogP contribution in [0.3, 0.4) is 0 Å². The molecule has 1 unspecified atom stereocenters. The molecule has 46 heavy (non-hydrogen) atoms. The van der Waals surface area contributed by atoms with Crippen LogP contribution in [-0.4, -0.2) is 85.4 Å². The third kappa shape index (κ3) is 13.1. The molecule has 0 radical (unpaired) electrons. The van der Waals surface area contributed by atoms with Gasteiger partial charge >= 0.3 is 6.36 Å². The highest BCUT2D eigenvalue weighted by Gasteiger charge is 2.52. The number of hydrogen-bond donors (Lipinski definition) is 1. The van der Waals surface area contributed by atoms with Crippen molar-refractivity contribution >= 4 is 30.7 Å². The van der Waals surface area contributed by atoms with Crippen LogP contribution in [0.2, 0.25) is 58.9 Å². The van der Waals surface area contributed by atoms with Gasteiger partial charge in [0.2, 0.25) is 0 Å². The summed E-state index contributed by atoms with van der Waals surface area (Å²) < 4.78 is 74.0. The Hall–Kier alpha value is -1.11. The molecule has 1 aromatic carbocycles. The molecule has 0 aromatic heterocycles. The lowest BCUT2D eigenvalue weighted by Gasteiger charge is -2.47. The van der Waals surface area contributed by atoms with Gasteiger partial charge in [-0.2, -0.15) is 0 Å². The van der Waals surface area contributed by atoms with Crippen molar-refractivity contribution in [2.45, 2.75) is 141 Å². The molecule has 0 amide bonds. The highest BCUT2D eigenvalue weighted by atomic mass is 28.4. The van der Waals surface area contributed by atoms with Gasteiger partial charge in [0.05, 0.1) is 43.2 Å². The number of rotatable bonds is 16. The van der Waals surface area contributed by atoms with Crippen molar-refractivity contribution in [3.8, 4) is 5.75 Å². The van der Waals surface area contributed by atoms with E-state index in [1.807, 2.05) is 0 Å². The second-order valence-corrected chi connectivity index (χ2v) is 29.2. The molecule has 3 rings (SSSR count). The maximum atomic E-state index is 13.3. The molecular formula is C32H55F3O8Si3. The smallest absolute Gasteiger partial charge is 0.415 e. The third-order valence-electron chi connectivity index (χ3n) is 7.95. The summed E-state index contributed by atoms with van der Waals surface area (Å²) in [6.45, 7) is 23.9. The van der Waals surface area contributed by atoms with Crippen LogP contribution >= 0.6 is 0 Å². The van der Waals surface area contributed by atoms with E-state index in [9.17, 15) is 23.1 Å². The number of carbonyl (C=O) groups excluding carboxylic acids is 1. The number of hydrogen-bond acceptors (Lipinski definition) is 8. The van der Waals surface area contributed by atoms with E-state index in [0.29, 0.717) is 18.6 Å². The largest absolute Gasteiger partial charge is 0.573 e. The van der Waals surface area contributed by atoms with Crippen molar-refractivity contribution in [3.05, 3.63) is 29.8 Å². The zero-order valence-corrected chi connectivity index (χ0v) is 32.3. The molecule has 9 atom stereocenters. The van der Waals surface area contributed by atoms with Crippen molar-refractivity contribution in [2.24, 2.45) is 11.8 Å². The molecule has 2 fully saturated rings. The zero-order chi connectivity index (χ0) is 34.8. The summed E-state index contributed by atoms with van der Waals surface area (Å²) in [5.41, 5.74) is 0.329. The Morgan fingerprint density at radius 2 is 1.48 bits per heavy atom. The van der Waals surface area contributed by atoms with Crippen LogP contribution < -0.4 is 4.74 Å². The number of ketones is 1. The van der Waals surface area contributed by atoms with Crippen LogP contribution in [0.5, 0.6) is 5.75 Å². The van der Waals surface area contributed by atoms with E-state index >= 15 is 0 Å². The first-order valence-electron chi connectivity index (χ1n) is 16.3. The normalized spacial score (nSPS) is 28.0. The number of Topliss-reactive ketones (excluding diaryl/α,β-unsaturated/α-hetero) is 1. The molecule has 1 N–H and O–H groups in total. The Balaban J connectivity index is 1.71.